The molecule has 0 aromatic heterocycles. The molecule has 24 heavy (non-hydrogen) atoms. The summed E-state index contributed by atoms with van der Waals surface area (Å²) in [4.78, 5) is 11.8. The lowest BCUT2D eigenvalue weighted by Gasteiger charge is -2.12. The van der Waals surface area contributed by atoms with Gasteiger partial charge < -0.3 is 9.47 Å². The largest absolute Gasteiger partial charge is 0.497 e. The Balaban J connectivity index is 2.13. The lowest BCUT2D eigenvalue weighted by atomic mass is 10.2. The maximum atomic E-state index is 12.8. The van der Waals surface area contributed by atoms with Crippen LogP contribution in [0.5, 0.6) is 11.5 Å². The predicted molar refractivity (Wildman–Crippen MR) is 84.1 cm³/mol. The van der Waals surface area contributed by atoms with E-state index in [0.29, 0.717) is 11.8 Å². The smallest absolute Gasteiger partial charge is 0.417 e. The molecule has 2 aromatic carbocycles. The van der Waals surface area contributed by atoms with Crippen molar-refractivity contribution in [1.82, 2.24) is 0 Å². The number of nitrogens with one attached hydrogen (secondary N) is 1. The summed E-state index contributed by atoms with van der Waals surface area (Å²) >= 11 is 11.4. The Kier molecular flexibility index (Phi) is 5.46. The topological polar surface area (TPSA) is 47.6 Å². The third-order valence-corrected chi connectivity index (χ3v) is 3.48. The highest BCUT2D eigenvalue weighted by molar-refractivity contribution is 6.32. The molecule has 0 atom stereocenters. The standard InChI is InChI=1S/C15H10Cl2F3NO3/c1-23-9-3-5-13(12(17)7-9)24-14(22)21-8-2-4-11(16)10(6-8)15(18,19)20/h2-7H,1H3,(H,21,22). The van der Waals surface area contributed by atoms with Crippen LogP contribution >= 0.6 is 23.2 Å². The summed E-state index contributed by atoms with van der Waals surface area (Å²) in [6, 6.07) is 7.28. The molecular weight excluding hydrogens is 370 g/mol. The SMILES string of the molecule is COc1ccc(OC(=O)Nc2ccc(Cl)c(C(F)(F)F)c2)c(Cl)c1. The van der Waals surface area contributed by atoms with Crippen LogP contribution in [0.25, 0.3) is 0 Å². The third-order valence-electron chi connectivity index (χ3n) is 2.86. The van der Waals surface area contributed by atoms with Gasteiger partial charge in [-0.05, 0) is 30.3 Å². The highest BCUT2D eigenvalue weighted by Gasteiger charge is 2.33. The summed E-state index contributed by atoms with van der Waals surface area (Å²) in [6.07, 6.45) is -5.64. The summed E-state index contributed by atoms with van der Waals surface area (Å²) in [7, 11) is 1.44. The average molecular weight is 380 g/mol. The van der Waals surface area contributed by atoms with Crippen molar-refractivity contribution in [3.63, 3.8) is 0 Å². The molecule has 4 nitrogen and oxygen atoms in total. The van der Waals surface area contributed by atoms with Crippen LogP contribution in [0.15, 0.2) is 36.4 Å². The second kappa shape index (κ2) is 7.19. The molecule has 0 bridgehead atoms. The Bertz CT molecular complexity index is 766. The minimum Gasteiger partial charge on any atom is -0.497 e. The van der Waals surface area contributed by atoms with Gasteiger partial charge in [-0.2, -0.15) is 13.2 Å². The molecule has 0 unspecified atom stereocenters. The zero-order valence-corrected chi connectivity index (χ0v) is 13.6. The van der Waals surface area contributed by atoms with Crippen molar-refractivity contribution in [2.75, 3.05) is 12.4 Å². The van der Waals surface area contributed by atoms with Crippen LogP contribution in [-0.2, 0) is 6.18 Å². The lowest BCUT2D eigenvalue weighted by Crippen LogP contribution is -2.17. The quantitative estimate of drug-likeness (QED) is 0.751. The van der Waals surface area contributed by atoms with Crippen molar-refractivity contribution in [3.05, 3.63) is 52.0 Å². The number of carbonyl (C=O) groups excluding carboxylic acids is 1. The van der Waals surface area contributed by atoms with Crippen LogP contribution < -0.4 is 14.8 Å². The first kappa shape index (κ1) is 18.2. The van der Waals surface area contributed by atoms with E-state index in [4.69, 9.17) is 32.7 Å². The Labute approximate surface area is 145 Å². The fourth-order valence-electron chi connectivity index (χ4n) is 1.75. The Morgan fingerprint density at radius 2 is 1.79 bits per heavy atom. The minimum atomic E-state index is -4.64. The number of hydrogen-bond acceptors (Lipinski definition) is 3. The summed E-state index contributed by atoms with van der Waals surface area (Å²) < 4.78 is 48.2. The van der Waals surface area contributed by atoms with E-state index < -0.39 is 22.9 Å². The van der Waals surface area contributed by atoms with E-state index in [1.54, 1.807) is 0 Å². The van der Waals surface area contributed by atoms with Gasteiger partial charge in [0, 0.05) is 11.8 Å². The van der Waals surface area contributed by atoms with Gasteiger partial charge in [-0.1, -0.05) is 23.2 Å². The summed E-state index contributed by atoms with van der Waals surface area (Å²) in [5.74, 6) is 0.486. The third kappa shape index (κ3) is 4.46. The molecule has 0 spiro atoms. The highest BCUT2D eigenvalue weighted by Crippen LogP contribution is 2.36. The summed E-state index contributed by atoms with van der Waals surface area (Å²) in [5.41, 5.74) is -1.19. The first-order valence-electron chi connectivity index (χ1n) is 6.40. The molecule has 0 fully saturated rings. The Morgan fingerprint density at radius 3 is 2.38 bits per heavy atom. The van der Waals surface area contributed by atoms with E-state index in [1.165, 1.54) is 31.4 Å². The van der Waals surface area contributed by atoms with Crippen molar-refractivity contribution in [3.8, 4) is 11.5 Å². The molecule has 2 aromatic rings. The number of ether oxygens (including phenoxy) is 2. The van der Waals surface area contributed by atoms with Crippen molar-refractivity contribution < 1.29 is 27.4 Å². The van der Waals surface area contributed by atoms with Crippen LogP contribution in [0.3, 0.4) is 0 Å². The molecule has 0 saturated heterocycles. The van der Waals surface area contributed by atoms with Crippen LogP contribution in [-0.4, -0.2) is 13.2 Å². The molecule has 1 N–H and O–H groups in total. The molecule has 128 valence electrons. The van der Waals surface area contributed by atoms with Gasteiger partial charge in [0.1, 0.15) is 5.75 Å². The van der Waals surface area contributed by atoms with E-state index in [2.05, 4.69) is 5.32 Å². The van der Waals surface area contributed by atoms with Gasteiger partial charge in [0.15, 0.2) is 5.75 Å². The van der Waals surface area contributed by atoms with Gasteiger partial charge >= 0.3 is 12.3 Å². The first-order valence-corrected chi connectivity index (χ1v) is 7.15. The van der Waals surface area contributed by atoms with Gasteiger partial charge in [0.05, 0.1) is 22.7 Å². The normalized spacial score (nSPS) is 11.1. The van der Waals surface area contributed by atoms with E-state index in [1.807, 2.05) is 0 Å². The molecule has 0 aliphatic heterocycles. The monoisotopic (exact) mass is 379 g/mol. The number of methoxy groups -OCH3 is 1. The Morgan fingerprint density at radius 1 is 1.08 bits per heavy atom. The van der Waals surface area contributed by atoms with E-state index in [0.717, 1.165) is 6.07 Å². The van der Waals surface area contributed by atoms with Gasteiger partial charge in [0.25, 0.3) is 0 Å². The maximum absolute atomic E-state index is 12.8. The molecule has 0 radical (unpaired) electrons. The van der Waals surface area contributed by atoms with Crippen LogP contribution in [0, 0.1) is 0 Å². The fraction of sp³-hybridized carbons (Fsp3) is 0.133. The van der Waals surface area contributed by atoms with Crippen LogP contribution in [0.4, 0.5) is 23.7 Å². The molecule has 2 rings (SSSR count). The summed E-state index contributed by atoms with van der Waals surface area (Å²) in [6.45, 7) is 0. The first-order chi connectivity index (χ1) is 11.2. The van der Waals surface area contributed by atoms with Gasteiger partial charge in [-0.3, -0.25) is 5.32 Å². The zero-order valence-electron chi connectivity index (χ0n) is 12.1. The number of benzene rings is 2. The molecule has 1 amide bonds. The van der Waals surface area contributed by atoms with E-state index in [9.17, 15) is 18.0 Å². The molecule has 0 heterocycles. The number of halogens is 5. The van der Waals surface area contributed by atoms with Crippen LogP contribution in [0.1, 0.15) is 5.56 Å². The molecular formula is C15H10Cl2F3NO3. The van der Waals surface area contributed by atoms with E-state index >= 15 is 0 Å². The Hall–Kier alpha value is -2.12. The van der Waals surface area contributed by atoms with Crippen molar-refractivity contribution in [1.29, 1.82) is 0 Å². The molecule has 0 aliphatic carbocycles. The van der Waals surface area contributed by atoms with E-state index in [-0.39, 0.29) is 16.5 Å². The molecule has 9 heteroatoms. The van der Waals surface area contributed by atoms with Crippen molar-refractivity contribution >= 4 is 35.0 Å². The number of amides is 1. The number of anilines is 1. The lowest BCUT2D eigenvalue weighted by molar-refractivity contribution is -0.137. The number of carbonyl (C=O) groups is 1. The average Bonchev–Trinajstić information content (AvgIpc) is 2.50. The van der Waals surface area contributed by atoms with Gasteiger partial charge in [-0.15, -0.1) is 0 Å². The minimum absolute atomic E-state index is 0.0278. The van der Waals surface area contributed by atoms with Gasteiger partial charge in [0.2, 0.25) is 0 Å². The predicted octanol–water partition coefficient (Wildman–Crippen LogP) is 5.63. The second-order valence-corrected chi connectivity index (χ2v) is 5.32. The fourth-order valence-corrected chi connectivity index (χ4v) is 2.19. The zero-order chi connectivity index (χ0) is 17.9. The summed E-state index contributed by atoms with van der Waals surface area (Å²) in [5, 5.41) is 1.81. The molecule has 0 saturated carbocycles. The van der Waals surface area contributed by atoms with Crippen molar-refractivity contribution in [2.24, 2.45) is 0 Å². The van der Waals surface area contributed by atoms with Gasteiger partial charge in [-0.25, -0.2) is 4.79 Å². The van der Waals surface area contributed by atoms with Crippen molar-refractivity contribution in [2.45, 2.75) is 6.18 Å². The number of alkyl halides is 3. The second-order valence-electron chi connectivity index (χ2n) is 4.50. The maximum Gasteiger partial charge on any atom is 0.417 e. The number of hydrogen-bond donors (Lipinski definition) is 1. The number of rotatable bonds is 3. The highest BCUT2D eigenvalue weighted by atomic mass is 35.5. The molecule has 0 aliphatic rings. The van der Waals surface area contributed by atoms with Crippen LogP contribution in [0.2, 0.25) is 10.0 Å².